The van der Waals surface area contributed by atoms with Crippen LogP contribution in [0, 0.1) is 0 Å². The fourth-order valence-electron chi connectivity index (χ4n) is 1.76. The molecule has 0 heterocycles. The van der Waals surface area contributed by atoms with Gasteiger partial charge in [0.2, 0.25) is 0 Å². The van der Waals surface area contributed by atoms with Crippen molar-refractivity contribution in [2.24, 2.45) is 5.73 Å². The Kier molecular flexibility index (Phi) is 3.92. The summed E-state index contributed by atoms with van der Waals surface area (Å²) < 4.78 is 0. The lowest BCUT2D eigenvalue weighted by Gasteiger charge is -2.44. The average Bonchev–Trinajstić information content (AvgIpc) is 2.08. The van der Waals surface area contributed by atoms with Crippen LogP contribution in [0.5, 0.6) is 0 Å². The number of rotatable bonds is 3. The Labute approximate surface area is 94.6 Å². The molecule has 0 saturated heterocycles. The van der Waals surface area contributed by atoms with Crippen molar-refractivity contribution in [2.45, 2.75) is 37.3 Å². The quantitative estimate of drug-likeness (QED) is 0.373. The molecule has 4 nitrogen and oxygen atoms in total. The number of nitrogens with zero attached hydrogens (tertiary/aromatic N) is 1. The number of hydrogen-bond acceptors (Lipinski definition) is 4. The summed E-state index contributed by atoms with van der Waals surface area (Å²) in [4.78, 5) is 0.260. The zero-order valence-corrected chi connectivity index (χ0v) is 9.59. The number of nitrogens with two attached hydrogens (primary N) is 1. The van der Waals surface area contributed by atoms with E-state index in [4.69, 9.17) is 17.3 Å². The summed E-state index contributed by atoms with van der Waals surface area (Å²) >= 11 is 6.32. The van der Waals surface area contributed by atoms with Gasteiger partial charge in [-0.25, -0.2) is 4.90 Å². The molecule has 15 heavy (non-hydrogen) atoms. The van der Waals surface area contributed by atoms with E-state index in [0.29, 0.717) is 0 Å². The van der Waals surface area contributed by atoms with Gasteiger partial charge in [0.05, 0.1) is 6.04 Å². The highest BCUT2D eigenvalue weighted by atomic mass is 35.5. The van der Waals surface area contributed by atoms with Crippen LogP contribution in [0.25, 0.3) is 0 Å². The van der Waals surface area contributed by atoms with Gasteiger partial charge in [0, 0.05) is 0 Å². The molecule has 0 aromatic rings. The molecule has 0 bridgehead atoms. The Morgan fingerprint density at radius 3 is 2.27 bits per heavy atom. The van der Waals surface area contributed by atoms with Gasteiger partial charge in [-0.15, -0.1) is 0 Å². The van der Waals surface area contributed by atoms with Crippen molar-refractivity contribution in [3.05, 3.63) is 24.3 Å². The zero-order valence-electron chi connectivity index (χ0n) is 8.84. The van der Waals surface area contributed by atoms with Gasteiger partial charge in [-0.05, 0) is 19.9 Å². The van der Waals surface area contributed by atoms with E-state index >= 15 is 0 Å². The van der Waals surface area contributed by atoms with Crippen LogP contribution < -0.4 is 5.73 Å². The number of alkyl halides is 1. The van der Waals surface area contributed by atoms with Gasteiger partial charge in [-0.1, -0.05) is 29.8 Å². The van der Waals surface area contributed by atoms with Crippen LogP contribution in [0.15, 0.2) is 24.3 Å². The highest BCUT2D eigenvalue weighted by molar-refractivity contribution is 6.25. The number of aliphatic hydroxyl groups excluding tert-OH is 2. The van der Waals surface area contributed by atoms with Gasteiger partial charge in [-0.3, -0.25) is 0 Å². The summed E-state index contributed by atoms with van der Waals surface area (Å²) in [7, 11) is 0. The summed E-state index contributed by atoms with van der Waals surface area (Å²) in [6.07, 6.45) is 5.15. The summed E-state index contributed by atoms with van der Waals surface area (Å²) in [6.45, 7) is 3.07. The molecular formula is C10H17ClN2O2. The first kappa shape index (κ1) is 12.7. The van der Waals surface area contributed by atoms with Crippen molar-refractivity contribution in [1.29, 1.82) is 0 Å². The van der Waals surface area contributed by atoms with Crippen molar-refractivity contribution in [3.63, 3.8) is 0 Å². The lowest BCUT2D eigenvalue weighted by atomic mass is 10.0. The normalized spacial score (nSPS) is 34.5. The molecule has 0 amide bonds. The topological polar surface area (TPSA) is 69.7 Å². The Hall–Kier alpha value is -0.390. The second-order valence-electron chi connectivity index (χ2n) is 3.67. The second kappa shape index (κ2) is 4.63. The van der Waals surface area contributed by atoms with E-state index in [2.05, 4.69) is 0 Å². The van der Waals surface area contributed by atoms with E-state index in [1.54, 1.807) is 24.3 Å². The molecule has 4 unspecified atom stereocenters. The third-order valence-corrected chi connectivity index (χ3v) is 3.00. The SMILES string of the molecule is CC(O)N(C(C)O)C1(Cl)C=CC=CC1N. The van der Waals surface area contributed by atoms with Crippen molar-refractivity contribution in [1.82, 2.24) is 4.90 Å². The number of aliphatic hydroxyl groups is 2. The van der Waals surface area contributed by atoms with Gasteiger partial charge in [0.15, 0.2) is 0 Å². The summed E-state index contributed by atoms with van der Waals surface area (Å²) in [5.74, 6) is 0. The molecule has 1 aliphatic carbocycles. The minimum atomic E-state index is -1.09. The van der Waals surface area contributed by atoms with Crippen LogP contribution in [0.2, 0.25) is 0 Å². The zero-order chi connectivity index (χ0) is 11.6. The van der Waals surface area contributed by atoms with E-state index in [1.165, 1.54) is 18.7 Å². The largest absolute Gasteiger partial charge is 0.379 e. The minimum absolute atomic E-state index is 0.478. The molecule has 1 aliphatic rings. The lowest BCUT2D eigenvalue weighted by Crippen LogP contribution is -2.60. The third kappa shape index (κ3) is 2.41. The Balaban J connectivity index is 3.00. The van der Waals surface area contributed by atoms with Crippen molar-refractivity contribution in [2.75, 3.05) is 0 Å². The smallest absolute Gasteiger partial charge is 0.138 e. The maximum Gasteiger partial charge on any atom is 0.138 e. The van der Waals surface area contributed by atoms with Crippen LogP contribution in [-0.4, -0.2) is 38.6 Å². The highest BCUT2D eigenvalue weighted by Gasteiger charge is 2.42. The summed E-state index contributed by atoms with van der Waals surface area (Å²) in [5, 5.41) is 19.2. The number of halogens is 1. The van der Waals surface area contributed by atoms with Gasteiger partial charge < -0.3 is 15.9 Å². The van der Waals surface area contributed by atoms with Gasteiger partial charge in [0.25, 0.3) is 0 Å². The van der Waals surface area contributed by atoms with E-state index in [0.717, 1.165) is 0 Å². The standard InChI is InChI=1S/C10H17ClN2O2/c1-7(14)13(8(2)15)10(11)6-4-3-5-9(10)12/h3-9,14-15H,12H2,1-2H3. The molecule has 4 atom stereocenters. The first-order valence-corrected chi connectivity index (χ1v) is 5.22. The average molecular weight is 233 g/mol. The fraction of sp³-hybridized carbons (Fsp3) is 0.600. The maximum absolute atomic E-state index is 9.59. The molecule has 0 fully saturated rings. The number of allylic oxidation sites excluding steroid dienone is 2. The first-order chi connectivity index (χ1) is 6.89. The van der Waals surface area contributed by atoms with E-state index < -0.39 is 23.5 Å². The maximum atomic E-state index is 9.59. The van der Waals surface area contributed by atoms with Crippen molar-refractivity contribution < 1.29 is 10.2 Å². The van der Waals surface area contributed by atoms with Crippen molar-refractivity contribution >= 4 is 11.6 Å². The molecule has 1 rings (SSSR count). The van der Waals surface area contributed by atoms with Crippen LogP contribution in [0.4, 0.5) is 0 Å². The Morgan fingerprint density at radius 1 is 1.33 bits per heavy atom. The Bertz CT molecular complexity index is 271. The first-order valence-electron chi connectivity index (χ1n) is 4.84. The summed E-state index contributed by atoms with van der Waals surface area (Å²) in [5.41, 5.74) is 5.86. The van der Waals surface area contributed by atoms with Gasteiger partial charge in [-0.2, -0.15) is 0 Å². The molecular weight excluding hydrogens is 216 g/mol. The second-order valence-corrected chi connectivity index (χ2v) is 4.27. The van der Waals surface area contributed by atoms with Crippen LogP contribution in [-0.2, 0) is 0 Å². The predicted molar refractivity (Wildman–Crippen MR) is 60.0 cm³/mol. The van der Waals surface area contributed by atoms with E-state index in [1.807, 2.05) is 0 Å². The van der Waals surface area contributed by atoms with Crippen LogP contribution in [0.3, 0.4) is 0 Å². The Morgan fingerprint density at radius 2 is 1.87 bits per heavy atom. The van der Waals surface area contributed by atoms with Crippen molar-refractivity contribution in [3.8, 4) is 0 Å². The van der Waals surface area contributed by atoms with Crippen LogP contribution >= 0.6 is 11.6 Å². The monoisotopic (exact) mass is 232 g/mol. The van der Waals surface area contributed by atoms with E-state index in [-0.39, 0.29) is 0 Å². The molecule has 86 valence electrons. The molecule has 0 spiro atoms. The third-order valence-electron chi connectivity index (χ3n) is 2.43. The van der Waals surface area contributed by atoms with Gasteiger partial charge in [0.1, 0.15) is 17.5 Å². The molecule has 0 aromatic heterocycles. The predicted octanol–water partition coefficient (Wildman–Crippen LogP) is 0.353. The molecule has 5 heteroatoms. The molecule has 4 N–H and O–H groups in total. The lowest BCUT2D eigenvalue weighted by molar-refractivity contribution is -0.113. The van der Waals surface area contributed by atoms with Crippen LogP contribution in [0.1, 0.15) is 13.8 Å². The molecule has 0 radical (unpaired) electrons. The summed E-state index contributed by atoms with van der Waals surface area (Å²) in [6, 6.07) is -0.478. The van der Waals surface area contributed by atoms with Gasteiger partial charge >= 0.3 is 0 Å². The molecule has 0 saturated carbocycles. The molecule has 0 aromatic carbocycles. The minimum Gasteiger partial charge on any atom is -0.379 e. The fourth-order valence-corrected chi connectivity index (χ4v) is 2.19. The highest BCUT2D eigenvalue weighted by Crippen LogP contribution is 2.31. The molecule has 0 aliphatic heterocycles. The number of hydrogen-bond donors (Lipinski definition) is 3. The van der Waals surface area contributed by atoms with E-state index in [9.17, 15) is 10.2 Å².